The van der Waals surface area contributed by atoms with Gasteiger partial charge in [-0.2, -0.15) is 5.26 Å². The lowest BCUT2D eigenvalue weighted by Gasteiger charge is -2.03. The third-order valence-electron chi connectivity index (χ3n) is 1.69. The van der Waals surface area contributed by atoms with Gasteiger partial charge in [0.1, 0.15) is 11.0 Å². The Morgan fingerprint density at radius 2 is 2.21 bits per heavy atom. The summed E-state index contributed by atoms with van der Waals surface area (Å²) in [5, 5.41) is 8.79. The highest BCUT2D eigenvalue weighted by molar-refractivity contribution is 7.91. The van der Waals surface area contributed by atoms with E-state index in [0.29, 0.717) is 0 Å². The van der Waals surface area contributed by atoms with Gasteiger partial charge in [0.2, 0.25) is 0 Å². The van der Waals surface area contributed by atoms with Gasteiger partial charge in [0.25, 0.3) is 0 Å². The van der Waals surface area contributed by atoms with Gasteiger partial charge in [-0.25, -0.2) is 8.42 Å². The smallest absolute Gasteiger partial charge is 0.180 e. The number of nitrogens with zero attached hydrogens (tertiary/aromatic N) is 2. The normalized spacial score (nSPS) is 10.9. The van der Waals surface area contributed by atoms with Crippen molar-refractivity contribution >= 4 is 21.4 Å². The first kappa shape index (κ1) is 11.0. The lowest BCUT2D eigenvalue weighted by Crippen LogP contribution is -2.06. The van der Waals surface area contributed by atoms with Crippen molar-refractivity contribution in [3.8, 4) is 6.07 Å². The van der Waals surface area contributed by atoms with Crippen LogP contribution in [0.1, 0.15) is 12.5 Å². The average molecular weight is 231 g/mol. The fourth-order valence-electron chi connectivity index (χ4n) is 0.917. The predicted molar refractivity (Wildman–Crippen MR) is 51.7 cm³/mol. The quantitative estimate of drug-likeness (QED) is 0.770. The number of hydrogen-bond acceptors (Lipinski definition) is 4. The molecule has 1 heterocycles. The van der Waals surface area contributed by atoms with Gasteiger partial charge in [-0.3, -0.25) is 4.98 Å². The molecule has 1 aromatic heterocycles. The molecule has 0 amide bonds. The standard InChI is InChI=1S/C8H7ClN2O2S/c1-2-14(12,13)8-5-11-4-7(9)6(8)3-10/h4-5H,2H2,1H3. The second-order valence-corrected chi connectivity index (χ2v) is 5.16. The zero-order valence-electron chi connectivity index (χ0n) is 7.36. The molecule has 0 unspecified atom stereocenters. The van der Waals surface area contributed by atoms with Crippen LogP contribution in [-0.4, -0.2) is 19.2 Å². The fraction of sp³-hybridized carbons (Fsp3) is 0.250. The van der Waals surface area contributed by atoms with Crippen LogP contribution >= 0.6 is 11.6 Å². The number of rotatable bonds is 2. The lowest BCUT2D eigenvalue weighted by atomic mass is 10.3. The highest BCUT2D eigenvalue weighted by atomic mass is 35.5. The summed E-state index contributed by atoms with van der Waals surface area (Å²) in [6.07, 6.45) is 2.39. The van der Waals surface area contributed by atoms with Crippen LogP contribution in [0, 0.1) is 11.3 Å². The SMILES string of the molecule is CCS(=O)(=O)c1cncc(Cl)c1C#N. The summed E-state index contributed by atoms with van der Waals surface area (Å²) in [5.74, 6) is -0.0797. The van der Waals surface area contributed by atoms with Crippen molar-refractivity contribution < 1.29 is 8.42 Å². The second kappa shape index (κ2) is 3.95. The van der Waals surface area contributed by atoms with Crippen molar-refractivity contribution in [1.82, 2.24) is 4.98 Å². The van der Waals surface area contributed by atoms with Crippen LogP contribution < -0.4 is 0 Å². The van der Waals surface area contributed by atoms with E-state index < -0.39 is 9.84 Å². The summed E-state index contributed by atoms with van der Waals surface area (Å²) in [4.78, 5) is 3.54. The first-order valence-electron chi connectivity index (χ1n) is 3.79. The van der Waals surface area contributed by atoms with Gasteiger partial charge in [-0.15, -0.1) is 0 Å². The van der Waals surface area contributed by atoms with Gasteiger partial charge >= 0.3 is 0 Å². The molecule has 6 heteroatoms. The molecule has 0 N–H and O–H groups in total. The summed E-state index contributed by atoms with van der Waals surface area (Å²) < 4.78 is 23.0. The van der Waals surface area contributed by atoms with Crippen LogP contribution in [0.5, 0.6) is 0 Å². The summed E-state index contributed by atoms with van der Waals surface area (Å²) in [5.41, 5.74) is -0.0384. The molecule has 0 aliphatic heterocycles. The van der Waals surface area contributed by atoms with E-state index in [9.17, 15) is 8.42 Å². The van der Waals surface area contributed by atoms with Gasteiger partial charge in [-0.05, 0) is 0 Å². The van der Waals surface area contributed by atoms with Crippen LogP contribution in [0.2, 0.25) is 5.02 Å². The van der Waals surface area contributed by atoms with E-state index in [4.69, 9.17) is 16.9 Å². The van der Waals surface area contributed by atoms with Crippen molar-refractivity contribution in [1.29, 1.82) is 5.26 Å². The molecule has 0 aliphatic carbocycles. The maximum absolute atomic E-state index is 11.5. The van der Waals surface area contributed by atoms with E-state index in [-0.39, 0.29) is 21.2 Å². The van der Waals surface area contributed by atoms with E-state index in [2.05, 4.69) is 4.98 Å². The zero-order chi connectivity index (χ0) is 10.8. The Balaban J connectivity index is 3.53. The Morgan fingerprint density at radius 3 is 2.71 bits per heavy atom. The minimum Gasteiger partial charge on any atom is -0.262 e. The molecule has 0 aliphatic rings. The van der Waals surface area contributed by atoms with Crippen LogP contribution in [-0.2, 0) is 9.84 Å². The molecule has 1 aromatic rings. The Bertz CT molecular complexity index is 491. The van der Waals surface area contributed by atoms with E-state index >= 15 is 0 Å². The minimum absolute atomic E-state index is 0.0384. The Kier molecular flexibility index (Phi) is 3.09. The Hall–Kier alpha value is -1.12. The summed E-state index contributed by atoms with van der Waals surface area (Å²) in [7, 11) is -3.43. The lowest BCUT2D eigenvalue weighted by molar-refractivity contribution is 0.596. The maximum Gasteiger partial charge on any atom is 0.180 e. The van der Waals surface area contributed by atoms with Gasteiger partial charge in [0, 0.05) is 12.4 Å². The van der Waals surface area contributed by atoms with Crippen molar-refractivity contribution in [2.24, 2.45) is 0 Å². The van der Waals surface area contributed by atoms with Crippen molar-refractivity contribution in [3.05, 3.63) is 23.0 Å². The molecule has 0 spiro atoms. The molecular weight excluding hydrogens is 224 g/mol. The van der Waals surface area contributed by atoms with Crippen molar-refractivity contribution in [3.63, 3.8) is 0 Å². The number of nitriles is 1. The zero-order valence-corrected chi connectivity index (χ0v) is 8.93. The molecule has 1 rings (SSSR count). The highest BCUT2D eigenvalue weighted by Gasteiger charge is 2.18. The number of aromatic nitrogens is 1. The summed E-state index contributed by atoms with van der Waals surface area (Å²) in [6.45, 7) is 1.50. The fourth-order valence-corrected chi connectivity index (χ4v) is 2.17. The van der Waals surface area contributed by atoms with Crippen LogP contribution in [0.4, 0.5) is 0 Å². The van der Waals surface area contributed by atoms with Gasteiger partial charge in [0.05, 0.1) is 16.3 Å². The van der Waals surface area contributed by atoms with Crippen LogP contribution in [0.3, 0.4) is 0 Å². The Labute approximate surface area is 87.1 Å². The molecule has 0 atom stereocenters. The average Bonchev–Trinajstić information content (AvgIpc) is 2.17. The monoisotopic (exact) mass is 230 g/mol. The number of pyridine rings is 1. The molecule has 0 saturated heterocycles. The number of sulfone groups is 1. The van der Waals surface area contributed by atoms with Crippen LogP contribution in [0.25, 0.3) is 0 Å². The predicted octanol–water partition coefficient (Wildman–Crippen LogP) is 1.40. The van der Waals surface area contributed by atoms with E-state index in [1.54, 1.807) is 6.07 Å². The van der Waals surface area contributed by atoms with E-state index in [0.717, 1.165) is 6.20 Å². The van der Waals surface area contributed by atoms with Gasteiger partial charge < -0.3 is 0 Å². The van der Waals surface area contributed by atoms with Crippen molar-refractivity contribution in [2.75, 3.05) is 5.75 Å². The second-order valence-electron chi connectivity index (χ2n) is 2.51. The molecule has 0 bridgehead atoms. The molecular formula is C8H7ClN2O2S. The van der Waals surface area contributed by atoms with E-state index in [1.807, 2.05) is 0 Å². The topological polar surface area (TPSA) is 70.8 Å². The summed E-state index contributed by atoms with van der Waals surface area (Å²) >= 11 is 5.64. The van der Waals surface area contributed by atoms with Crippen LogP contribution in [0.15, 0.2) is 17.3 Å². The summed E-state index contributed by atoms with van der Waals surface area (Å²) in [6, 6.07) is 1.75. The third kappa shape index (κ3) is 1.86. The molecule has 0 aromatic carbocycles. The van der Waals surface area contributed by atoms with Gasteiger partial charge in [-0.1, -0.05) is 18.5 Å². The third-order valence-corrected chi connectivity index (χ3v) is 3.72. The number of halogens is 1. The molecule has 0 saturated carbocycles. The maximum atomic E-state index is 11.5. The molecule has 74 valence electrons. The highest BCUT2D eigenvalue weighted by Crippen LogP contribution is 2.22. The Morgan fingerprint density at radius 1 is 1.57 bits per heavy atom. The van der Waals surface area contributed by atoms with Gasteiger partial charge in [0.15, 0.2) is 9.84 Å². The minimum atomic E-state index is -3.43. The molecule has 4 nitrogen and oxygen atoms in total. The first-order chi connectivity index (χ1) is 6.53. The largest absolute Gasteiger partial charge is 0.262 e. The number of hydrogen-bond donors (Lipinski definition) is 0. The van der Waals surface area contributed by atoms with Crippen molar-refractivity contribution in [2.45, 2.75) is 11.8 Å². The molecule has 0 fully saturated rings. The molecule has 0 radical (unpaired) electrons. The van der Waals surface area contributed by atoms with E-state index in [1.165, 1.54) is 13.1 Å². The molecule has 14 heavy (non-hydrogen) atoms. The first-order valence-corrected chi connectivity index (χ1v) is 5.82.